The summed E-state index contributed by atoms with van der Waals surface area (Å²) in [5, 5.41) is 0. The lowest BCUT2D eigenvalue weighted by molar-refractivity contribution is 0.172. The Hall–Kier alpha value is -1.35. The molecule has 3 nitrogen and oxygen atoms in total. The first-order chi connectivity index (χ1) is 7.78. The molecule has 1 saturated heterocycles. The Labute approximate surface area is 96.7 Å². The van der Waals surface area contributed by atoms with E-state index in [0.717, 1.165) is 32.7 Å². The number of benzene rings is 1. The van der Waals surface area contributed by atoms with Gasteiger partial charge in [0.1, 0.15) is 0 Å². The van der Waals surface area contributed by atoms with Crippen LogP contribution in [0, 0.1) is 6.92 Å². The fraction of sp³-hybridized carbons (Fsp3) is 0.462. The fourth-order valence-electron chi connectivity index (χ4n) is 1.95. The van der Waals surface area contributed by atoms with Crippen LogP contribution >= 0.6 is 0 Å². The maximum absolute atomic E-state index is 10.4. The molecule has 0 unspecified atom stereocenters. The van der Waals surface area contributed by atoms with Crippen molar-refractivity contribution in [2.45, 2.75) is 13.5 Å². The summed E-state index contributed by atoms with van der Waals surface area (Å²) in [6, 6.07) is 8.64. The second kappa shape index (κ2) is 5.12. The molecule has 2 rings (SSSR count). The molecule has 0 aliphatic carbocycles. The van der Waals surface area contributed by atoms with Crippen LogP contribution < -0.4 is 0 Å². The van der Waals surface area contributed by atoms with Gasteiger partial charge in [0.2, 0.25) is 0 Å². The first-order valence-corrected chi connectivity index (χ1v) is 5.68. The Bertz CT molecular complexity index is 339. The largest absolute Gasteiger partial charge is 0.332 e. The van der Waals surface area contributed by atoms with Crippen molar-refractivity contribution < 1.29 is 4.79 Å². The SMILES string of the molecule is Cc1ccc(CN2CCN([C]=O)CC2)cc1. The van der Waals surface area contributed by atoms with Gasteiger partial charge in [0.25, 0.3) is 0 Å². The van der Waals surface area contributed by atoms with Gasteiger partial charge in [-0.25, -0.2) is 0 Å². The number of amides is 1. The Morgan fingerprint density at radius 3 is 2.31 bits per heavy atom. The monoisotopic (exact) mass is 217 g/mol. The van der Waals surface area contributed by atoms with Crippen molar-refractivity contribution in [2.75, 3.05) is 26.2 Å². The first-order valence-electron chi connectivity index (χ1n) is 5.68. The molecule has 0 aromatic heterocycles. The van der Waals surface area contributed by atoms with E-state index in [1.807, 2.05) is 6.41 Å². The zero-order chi connectivity index (χ0) is 11.4. The van der Waals surface area contributed by atoms with Gasteiger partial charge in [-0.15, -0.1) is 0 Å². The zero-order valence-electron chi connectivity index (χ0n) is 9.65. The predicted molar refractivity (Wildman–Crippen MR) is 63.7 cm³/mol. The average molecular weight is 217 g/mol. The third kappa shape index (κ3) is 2.83. The second-order valence-corrected chi connectivity index (χ2v) is 4.34. The van der Waals surface area contributed by atoms with Crippen LogP contribution in [-0.4, -0.2) is 42.4 Å². The molecule has 0 bridgehead atoms. The van der Waals surface area contributed by atoms with E-state index >= 15 is 0 Å². The standard InChI is InChI=1S/C13H17N2O/c1-12-2-4-13(5-3-12)10-14-6-8-15(11-16)9-7-14/h2-5H,6-10H2,1H3. The molecular formula is C13H17N2O. The van der Waals surface area contributed by atoms with Crippen molar-refractivity contribution in [3.8, 4) is 0 Å². The van der Waals surface area contributed by atoms with Crippen molar-refractivity contribution >= 4 is 6.41 Å². The second-order valence-electron chi connectivity index (χ2n) is 4.34. The van der Waals surface area contributed by atoms with Gasteiger partial charge in [-0.05, 0) is 12.5 Å². The predicted octanol–water partition coefficient (Wildman–Crippen LogP) is 1.18. The van der Waals surface area contributed by atoms with Gasteiger partial charge >= 0.3 is 6.41 Å². The van der Waals surface area contributed by atoms with Crippen molar-refractivity contribution in [2.24, 2.45) is 0 Å². The fourth-order valence-corrected chi connectivity index (χ4v) is 1.95. The molecule has 0 spiro atoms. The highest BCUT2D eigenvalue weighted by molar-refractivity contribution is 5.48. The van der Waals surface area contributed by atoms with Crippen molar-refractivity contribution in [3.63, 3.8) is 0 Å². The Kier molecular flexibility index (Phi) is 3.57. The van der Waals surface area contributed by atoms with E-state index in [4.69, 9.17) is 0 Å². The lowest BCUT2D eigenvalue weighted by Crippen LogP contribution is -2.45. The molecule has 1 radical (unpaired) electrons. The number of aryl methyl sites for hydroxylation is 1. The molecule has 1 aromatic carbocycles. The summed E-state index contributed by atoms with van der Waals surface area (Å²) in [5.74, 6) is 0. The zero-order valence-corrected chi connectivity index (χ0v) is 9.65. The maximum atomic E-state index is 10.4. The van der Waals surface area contributed by atoms with Crippen LogP contribution in [0.2, 0.25) is 0 Å². The van der Waals surface area contributed by atoms with Gasteiger partial charge in [-0.2, -0.15) is 0 Å². The minimum Gasteiger partial charge on any atom is -0.332 e. The summed E-state index contributed by atoms with van der Waals surface area (Å²) in [4.78, 5) is 14.5. The highest BCUT2D eigenvalue weighted by Crippen LogP contribution is 2.08. The molecule has 0 saturated carbocycles. The smallest absolute Gasteiger partial charge is 0.312 e. The number of carbonyl (C=O) groups excluding carboxylic acids is 1. The van der Waals surface area contributed by atoms with E-state index in [0.29, 0.717) is 0 Å². The number of piperazine rings is 1. The minimum atomic E-state index is 0.801. The van der Waals surface area contributed by atoms with E-state index in [2.05, 4.69) is 36.1 Å². The Morgan fingerprint density at radius 2 is 1.75 bits per heavy atom. The molecule has 1 aliphatic heterocycles. The molecule has 1 fully saturated rings. The topological polar surface area (TPSA) is 23.6 Å². The summed E-state index contributed by atoms with van der Waals surface area (Å²) in [7, 11) is 0. The molecule has 3 heteroatoms. The molecule has 0 atom stereocenters. The normalized spacial score (nSPS) is 17.4. The first kappa shape index (κ1) is 11.1. The third-order valence-electron chi connectivity index (χ3n) is 3.03. The lowest BCUT2D eigenvalue weighted by Gasteiger charge is -2.31. The highest BCUT2D eigenvalue weighted by atomic mass is 16.1. The lowest BCUT2D eigenvalue weighted by atomic mass is 10.1. The summed E-state index contributed by atoms with van der Waals surface area (Å²) < 4.78 is 0. The maximum Gasteiger partial charge on any atom is 0.312 e. The van der Waals surface area contributed by atoms with Crippen LogP contribution in [-0.2, 0) is 11.3 Å². The molecule has 85 valence electrons. The van der Waals surface area contributed by atoms with Gasteiger partial charge < -0.3 is 4.90 Å². The number of hydrogen-bond donors (Lipinski definition) is 0. The number of rotatable bonds is 3. The van der Waals surface area contributed by atoms with Gasteiger partial charge in [-0.1, -0.05) is 29.8 Å². The van der Waals surface area contributed by atoms with Crippen LogP contribution in [0.4, 0.5) is 0 Å². The van der Waals surface area contributed by atoms with Crippen LogP contribution in [0.3, 0.4) is 0 Å². The van der Waals surface area contributed by atoms with Gasteiger partial charge in [0.05, 0.1) is 0 Å². The van der Waals surface area contributed by atoms with E-state index in [-0.39, 0.29) is 0 Å². The van der Waals surface area contributed by atoms with E-state index in [1.54, 1.807) is 4.90 Å². The van der Waals surface area contributed by atoms with Crippen LogP contribution in [0.5, 0.6) is 0 Å². The van der Waals surface area contributed by atoms with Gasteiger partial charge in [0.15, 0.2) is 0 Å². The molecule has 1 aliphatic rings. The molecule has 1 aromatic rings. The van der Waals surface area contributed by atoms with E-state index < -0.39 is 0 Å². The summed E-state index contributed by atoms with van der Waals surface area (Å²) in [6.07, 6.45) is 1.95. The van der Waals surface area contributed by atoms with Crippen LogP contribution in [0.15, 0.2) is 24.3 Å². The van der Waals surface area contributed by atoms with Crippen molar-refractivity contribution in [1.29, 1.82) is 0 Å². The summed E-state index contributed by atoms with van der Waals surface area (Å²) >= 11 is 0. The van der Waals surface area contributed by atoms with Crippen LogP contribution in [0.1, 0.15) is 11.1 Å². The van der Waals surface area contributed by atoms with Crippen LogP contribution in [0.25, 0.3) is 0 Å². The summed E-state index contributed by atoms with van der Waals surface area (Å²) in [5.41, 5.74) is 2.64. The van der Waals surface area contributed by atoms with E-state index in [9.17, 15) is 4.79 Å². The van der Waals surface area contributed by atoms with Crippen molar-refractivity contribution in [1.82, 2.24) is 9.80 Å². The number of nitrogens with zero attached hydrogens (tertiary/aromatic N) is 2. The molecule has 16 heavy (non-hydrogen) atoms. The van der Waals surface area contributed by atoms with E-state index in [1.165, 1.54) is 11.1 Å². The molecule has 1 heterocycles. The third-order valence-corrected chi connectivity index (χ3v) is 3.03. The summed E-state index contributed by atoms with van der Waals surface area (Å²) in [6.45, 7) is 6.58. The molecule has 0 N–H and O–H groups in total. The van der Waals surface area contributed by atoms with Gasteiger partial charge in [-0.3, -0.25) is 9.69 Å². The molecule has 1 amide bonds. The molecular weight excluding hydrogens is 200 g/mol. The Morgan fingerprint density at radius 1 is 1.12 bits per heavy atom. The quantitative estimate of drug-likeness (QED) is 0.759. The number of hydrogen-bond acceptors (Lipinski definition) is 2. The minimum absolute atomic E-state index is 0.801. The van der Waals surface area contributed by atoms with Gasteiger partial charge in [0, 0.05) is 32.7 Å². The Balaban J connectivity index is 1.86. The van der Waals surface area contributed by atoms with Crippen molar-refractivity contribution in [3.05, 3.63) is 35.4 Å². The average Bonchev–Trinajstić information content (AvgIpc) is 2.33. The highest BCUT2D eigenvalue weighted by Gasteiger charge is 2.15.